The van der Waals surface area contributed by atoms with Crippen molar-refractivity contribution in [1.82, 2.24) is 4.98 Å². The van der Waals surface area contributed by atoms with Crippen LogP contribution in [0.4, 0.5) is 0 Å². The van der Waals surface area contributed by atoms with E-state index in [4.69, 9.17) is 23.2 Å². The van der Waals surface area contributed by atoms with Crippen LogP contribution in [0.3, 0.4) is 0 Å². The van der Waals surface area contributed by atoms with Crippen molar-refractivity contribution in [1.29, 1.82) is 0 Å². The Labute approximate surface area is 112 Å². The second kappa shape index (κ2) is 5.24. The largest absolute Gasteiger partial charge is 0.236 e. The number of alkyl halides is 1. The van der Waals surface area contributed by atoms with E-state index in [1.54, 1.807) is 0 Å². The summed E-state index contributed by atoms with van der Waals surface area (Å²) in [6.45, 7) is 4.33. The highest BCUT2D eigenvalue weighted by atomic mass is 35.5. The number of halogens is 2. The lowest BCUT2D eigenvalue weighted by Crippen LogP contribution is -1.96. The molecule has 0 saturated carbocycles. The summed E-state index contributed by atoms with van der Waals surface area (Å²) in [7, 11) is 0. The maximum absolute atomic E-state index is 6.19. The number of aryl methyl sites for hydroxylation is 1. The molecule has 0 unspecified atom stereocenters. The second-order valence-electron chi connectivity index (χ2n) is 4.45. The maximum Gasteiger partial charge on any atom is 0.133 e. The molecule has 0 aliphatic heterocycles. The van der Waals surface area contributed by atoms with Gasteiger partial charge < -0.3 is 0 Å². The molecule has 0 aliphatic carbocycles. The summed E-state index contributed by atoms with van der Waals surface area (Å²) >= 11 is 11.9. The second-order valence-corrected chi connectivity index (χ2v) is 5.19. The molecule has 2 aromatic rings. The van der Waals surface area contributed by atoms with Gasteiger partial charge >= 0.3 is 0 Å². The first-order chi connectivity index (χ1) is 8.13. The molecule has 0 aliphatic rings. The Kier molecular flexibility index (Phi) is 3.90. The fourth-order valence-corrected chi connectivity index (χ4v) is 2.42. The van der Waals surface area contributed by atoms with Gasteiger partial charge in [0.1, 0.15) is 5.15 Å². The van der Waals surface area contributed by atoms with E-state index in [0.29, 0.717) is 17.0 Å². The first-order valence-electron chi connectivity index (χ1n) is 5.77. The fourth-order valence-electron chi connectivity index (χ4n) is 1.99. The molecule has 1 aromatic carbocycles. The number of hydrogen-bond donors (Lipinski definition) is 0. The van der Waals surface area contributed by atoms with Crippen LogP contribution in [0.1, 0.15) is 30.9 Å². The molecule has 90 valence electrons. The van der Waals surface area contributed by atoms with Crippen molar-refractivity contribution in [3.63, 3.8) is 0 Å². The van der Waals surface area contributed by atoms with E-state index in [-0.39, 0.29) is 0 Å². The topological polar surface area (TPSA) is 12.9 Å². The molecule has 0 fully saturated rings. The van der Waals surface area contributed by atoms with E-state index in [0.717, 1.165) is 22.9 Å². The minimum Gasteiger partial charge on any atom is -0.236 e. The van der Waals surface area contributed by atoms with Crippen molar-refractivity contribution in [2.24, 2.45) is 0 Å². The molecule has 0 spiro atoms. The predicted octanol–water partition coefficient (Wildman–Crippen LogP) is 4.79. The van der Waals surface area contributed by atoms with Gasteiger partial charge in [-0.25, -0.2) is 4.98 Å². The maximum atomic E-state index is 6.19. The van der Waals surface area contributed by atoms with Crippen molar-refractivity contribution in [2.45, 2.75) is 26.2 Å². The third-order valence-corrected chi connectivity index (χ3v) is 3.41. The van der Waals surface area contributed by atoms with Gasteiger partial charge in [0.05, 0.1) is 5.52 Å². The van der Waals surface area contributed by atoms with E-state index >= 15 is 0 Å². The van der Waals surface area contributed by atoms with Crippen LogP contribution in [0.2, 0.25) is 5.15 Å². The quantitative estimate of drug-likeness (QED) is 0.576. The van der Waals surface area contributed by atoms with E-state index in [9.17, 15) is 0 Å². The number of rotatable bonds is 3. The molecule has 0 saturated heterocycles. The Hall–Kier alpha value is -0.790. The Morgan fingerprint density at radius 2 is 2.06 bits per heavy atom. The molecule has 0 bridgehead atoms. The van der Waals surface area contributed by atoms with Crippen LogP contribution in [0.25, 0.3) is 10.9 Å². The third-order valence-electron chi connectivity index (χ3n) is 2.89. The molecule has 1 nitrogen and oxygen atoms in total. The zero-order valence-corrected chi connectivity index (χ0v) is 11.5. The van der Waals surface area contributed by atoms with Crippen LogP contribution in [0.5, 0.6) is 0 Å². The molecule has 1 heterocycles. The van der Waals surface area contributed by atoms with Crippen LogP contribution in [0, 0.1) is 0 Å². The number of hydrogen-bond acceptors (Lipinski definition) is 1. The normalized spacial score (nSPS) is 11.4. The summed E-state index contributed by atoms with van der Waals surface area (Å²) in [5.41, 5.74) is 3.27. The van der Waals surface area contributed by atoms with E-state index in [1.807, 2.05) is 0 Å². The standard InChI is InChI=1S/C14H15Cl2N/c1-9(2)12-5-3-4-10-8-11(6-7-15)14(16)17-13(10)12/h3-5,8-9H,6-7H2,1-2H3. The molecule has 2 rings (SSSR count). The van der Waals surface area contributed by atoms with Crippen LogP contribution in [-0.4, -0.2) is 10.9 Å². The summed E-state index contributed by atoms with van der Waals surface area (Å²) < 4.78 is 0. The minimum absolute atomic E-state index is 0.446. The average Bonchev–Trinajstić information content (AvgIpc) is 2.29. The van der Waals surface area contributed by atoms with Crippen molar-refractivity contribution >= 4 is 34.1 Å². The number of nitrogens with zero attached hydrogens (tertiary/aromatic N) is 1. The average molecular weight is 268 g/mol. The molecular weight excluding hydrogens is 253 g/mol. The molecule has 0 N–H and O–H groups in total. The first-order valence-corrected chi connectivity index (χ1v) is 6.68. The van der Waals surface area contributed by atoms with Gasteiger partial charge in [0.25, 0.3) is 0 Å². The smallest absolute Gasteiger partial charge is 0.133 e. The van der Waals surface area contributed by atoms with Crippen LogP contribution in [-0.2, 0) is 6.42 Å². The molecule has 0 amide bonds. The van der Waals surface area contributed by atoms with Crippen LogP contribution >= 0.6 is 23.2 Å². The molecule has 1 aromatic heterocycles. The summed E-state index contributed by atoms with van der Waals surface area (Å²) in [6.07, 6.45) is 0.759. The highest BCUT2D eigenvalue weighted by molar-refractivity contribution is 6.30. The van der Waals surface area contributed by atoms with Crippen molar-refractivity contribution in [2.75, 3.05) is 5.88 Å². The van der Waals surface area contributed by atoms with Gasteiger partial charge in [-0.2, -0.15) is 0 Å². The molecular formula is C14H15Cl2N. The molecule has 0 atom stereocenters. The van der Waals surface area contributed by atoms with Gasteiger partial charge in [0.15, 0.2) is 0 Å². The summed E-state index contributed by atoms with van der Waals surface area (Å²) in [6, 6.07) is 8.34. The Balaban J connectivity index is 2.64. The summed E-state index contributed by atoms with van der Waals surface area (Å²) in [5, 5.41) is 1.71. The van der Waals surface area contributed by atoms with Gasteiger partial charge in [-0.05, 0) is 29.5 Å². The van der Waals surface area contributed by atoms with Crippen molar-refractivity contribution in [3.8, 4) is 0 Å². The van der Waals surface area contributed by atoms with Crippen LogP contribution in [0.15, 0.2) is 24.3 Å². The molecule has 3 heteroatoms. The zero-order valence-electron chi connectivity index (χ0n) is 10.0. The molecule has 17 heavy (non-hydrogen) atoms. The zero-order chi connectivity index (χ0) is 12.4. The summed E-state index contributed by atoms with van der Waals surface area (Å²) in [4.78, 5) is 4.52. The van der Waals surface area contributed by atoms with E-state index in [2.05, 4.69) is 43.1 Å². The lowest BCUT2D eigenvalue weighted by molar-refractivity contribution is 0.872. The van der Waals surface area contributed by atoms with Gasteiger partial charge in [0, 0.05) is 11.3 Å². The Morgan fingerprint density at radius 1 is 1.29 bits per heavy atom. The lowest BCUT2D eigenvalue weighted by Gasteiger charge is -2.11. The van der Waals surface area contributed by atoms with E-state index in [1.165, 1.54) is 5.56 Å². The van der Waals surface area contributed by atoms with Gasteiger partial charge in [-0.1, -0.05) is 43.6 Å². The Morgan fingerprint density at radius 3 is 2.71 bits per heavy atom. The summed E-state index contributed by atoms with van der Waals surface area (Å²) in [5.74, 6) is 1.01. The monoisotopic (exact) mass is 267 g/mol. The van der Waals surface area contributed by atoms with Gasteiger partial charge in [0.2, 0.25) is 0 Å². The number of para-hydroxylation sites is 1. The van der Waals surface area contributed by atoms with E-state index < -0.39 is 0 Å². The third kappa shape index (κ3) is 2.56. The van der Waals surface area contributed by atoms with Gasteiger partial charge in [-0.3, -0.25) is 0 Å². The highest BCUT2D eigenvalue weighted by Gasteiger charge is 2.09. The molecule has 0 radical (unpaired) electrons. The number of fused-ring (bicyclic) bond motifs is 1. The van der Waals surface area contributed by atoms with Gasteiger partial charge in [-0.15, -0.1) is 11.6 Å². The Bertz CT molecular complexity index is 535. The predicted molar refractivity (Wildman–Crippen MR) is 75.3 cm³/mol. The minimum atomic E-state index is 0.446. The van der Waals surface area contributed by atoms with Crippen molar-refractivity contribution < 1.29 is 0 Å². The number of benzene rings is 1. The lowest BCUT2D eigenvalue weighted by atomic mass is 9.99. The van der Waals surface area contributed by atoms with Crippen LogP contribution < -0.4 is 0 Å². The SMILES string of the molecule is CC(C)c1cccc2cc(CCCl)c(Cl)nc12. The highest BCUT2D eigenvalue weighted by Crippen LogP contribution is 2.27. The first kappa shape index (κ1) is 12.7. The number of pyridine rings is 1. The fraction of sp³-hybridized carbons (Fsp3) is 0.357. The number of aromatic nitrogens is 1. The van der Waals surface area contributed by atoms with Crippen molar-refractivity contribution in [3.05, 3.63) is 40.5 Å².